The molecule has 4 rings (SSSR count). The monoisotopic (exact) mass is 404 g/mol. The molecule has 0 saturated heterocycles. The number of benzene rings is 1. The molecule has 0 radical (unpaired) electrons. The Labute approximate surface area is 171 Å². The van der Waals surface area contributed by atoms with Crippen molar-refractivity contribution in [3.63, 3.8) is 0 Å². The number of fused-ring (bicyclic) bond motifs is 1. The van der Waals surface area contributed by atoms with Gasteiger partial charge in [-0.15, -0.1) is 0 Å². The van der Waals surface area contributed by atoms with Crippen LogP contribution in [0.5, 0.6) is 0 Å². The molecule has 0 aliphatic heterocycles. The first kappa shape index (κ1) is 19.4. The molecule has 0 bridgehead atoms. The highest BCUT2D eigenvalue weighted by Crippen LogP contribution is 2.20. The molecule has 0 atom stereocenters. The van der Waals surface area contributed by atoms with Gasteiger partial charge >= 0.3 is 0 Å². The summed E-state index contributed by atoms with van der Waals surface area (Å²) in [5, 5.41) is 3.01. The molecule has 1 N–H and O–H groups in total. The first-order chi connectivity index (χ1) is 14.4. The van der Waals surface area contributed by atoms with Gasteiger partial charge in [0.25, 0.3) is 17.0 Å². The van der Waals surface area contributed by atoms with E-state index in [-0.39, 0.29) is 34.3 Å². The third kappa shape index (κ3) is 3.67. The molecule has 0 aliphatic rings. The fourth-order valence-corrected chi connectivity index (χ4v) is 3.28. The number of aromatic nitrogens is 3. The Morgan fingerprint density at radius 2 is 1.83 bits per heavy atom. The van der Waals surface area contributed by atoms with Crippen LogP contribution in [0.1, 0.15) is 27.2 Å². The van der Waals surface area contributed by atoms with E-state index in [9.17, 15) is 14.4 Å². The van der Waals surface area contributed by atoms with Crippen LogP contribution in [0.15, 0.2) is 69.0 Å². The second-order valence-electron chi connectivity index (χ2n) is 7.04. The SMILES string of the molecule is Cc1oc2ncn(C)c(=O)c2c1C(=O)NCc1ccc(Cn2ccccc2=O)cc1. The largest absolute Gasteiger partial charge is 0.442 e. The number of nitrogens with one attached hydrogen (secondary N) is 1. The lowest BCUT2D eigenvalue weighted by Crippen LogP contribution is -2.26. The highest BCUT2D eigenvalue weighted by molar-refractivity contribution is 6.06. The van der Waals surface area contributed by atoms with Crippen molar-refractivity contribution in [3.8, 4) is 0 Å². The van der Waals surface area contributed by atoms with E-state index in [1.54, 1.807) is 30.8 Å². The molecule has 0 spiro atoms. The van der Waals surface area contributed by atoms with Gasteiger partial charge in [-0.25, -0.2) is 4.98 Å². The summed E-state index contributed by atoms with van der Waals surface area (Å²) >= 11 is 0. The molecule has 0 fully saturated rings. The second kappa shape index (κ2) is 7.82. The van der Waals surface area contributed by atoms with Crippen LogP contribution in [0.3, 0.4) is 0 Å². The molecule has 0 saturated carbocycles. The molecule has 152 valence electrons. The minimum absolute atomic E-state index is 0.0582. The van der Waals surface area contributed by atoms with Gasteiger partial charge in [-0.05, 0) is 24.1 Å². The van der Waals surface area contributed by atoms with Crippen molar-refractivity contribution < 1.29 is 9.21 Å². The van der Waals surface area contributed by atoms with Crippen LogP contribution in [0.25, 0.3) is 11.1 Å². The van der Waals surface area contributed by atoms with E-state index in [1.165, 1.54) is 17.0 Å². The Hall–Kier alpha value is -3.94. The van der Waals surface area contributed by atoms with Gasteiger partial charge in [0.1, 0.15) is 17.5 Å². The van der Waals surface area contributed by atoms with Crippen molar-refractivity contribution in [2.24, 2.45) is 7.05 Å². The number of furan rings is 1. The number of pyridine rings is 1. The third-order valence-electron chi connectivity index (χ3n) is 4.90. The molecule has 1 aromatic carbocycles. The van der Waals surface area contributed by atoms with E-state index in [0.717, 1.165) is 11.1 Å². The molecular weight excluding hydrogens is 384 g/mol. The summed E-state index contributed by atoms with van der Waals surface area (Å²) in [6, 6.07) is 12.7. The summed E-state index contributed by atoms with van der Waals surface area (Å²) in [6.45, 7) is 2.40. The third-order valence-corrected chi connectivity index (χ3v) is 4.90. The van der Waals surface area contributed by atoms with E-state index < -0.39 is 5.91 Å². The molecule has 0 aliphatic carbocycles. The number of hydrogen-bond donors (Lipinski definition) is 1. The van der Waals surface area contributed by atoms with Crippen LogP contribution in [0.2, 0.25) is 0 Å². The lowest BCUT2D eigenvalue weighted by Gasteiger charge is -2.08. The Kier molecular flexibility index (Phi) is 5.05. The summed E-state index contributed by atoms with van der Waals surface area (Å²) in [7, 11) is 1.57. The summed E-state index contributed by atoms with van der Waals surface area (Å²) in [5.41, 5.74) is 1.84. The van der Waals surface area contributed by atoms with Crippen molar-refractivity contribution in [2.75, 3.05) is 0 Å². The minimum atomic E-state index is -0.392. The van der Waals surface area contributed by atoms with E-state index in [2.05, 4.69) is 10.3 Å². The zero-order chi connectivity index (χ0) is 21.3. The zero-order valence-electron chi connectivity index (χ0n) is 16.6. The van der Waals surface area contributed by atoms with Gasteiger partial charge in [0, 0.05) is 25.9 Å². The molecule has 30 heavy (non-hydrogen) atoms. The van der Waals surface area contributed by atoms with Gasteiger partial charge in [-0.2, -0.15) is 0 Å². The quantitative estimate of drug-likeness (QED) is 0.548. The van der Waals surface area contributed by atoms with Gasteiger partial charge in [0.05, 0.1) is 12.1 Å². The van der Waals surface area contributed by atoms with E-state index >= 15 is 0 Å². The van der Waals surface area contributed by atoms with Gasteiger partial charge in [-0.3, -0.25) is 14.4 Å². The lowest BCUT2D eigenvalue weighted by molar-refractivity contribution is 0.0950. The smallest absolute Gasteiger partial charge is 0.265 e. The predicted molar refractivity (Wildman–Crippen MR) is 111 cm³/mol. The number of rotatable bonds is 5. The van der Waals surface area contributed by atoms with E-state index in [0.29, 0.717) is 12.3 Å². The molecule has 0 unspecified atom stereocenters. The highest BCUT2D eigenvalue weighted by Gasteiger charge is 2.22. The van der Waals surface area contributed by atoms with Crippen LogP contribution in [0.4, 0.5) is 0 Å². The van der Waals surface area contributed by atoms with Crippen molar-refractivity contribution in [1.82, 2.24) is 19.4 Å². The minimum Gasteiger partial charge on any atom is -0.442 e. The maximum absolute atomic E-state index is 12.7. The Morgan fingerprint density at radius 1 is 1.10 bits per heavy atom. The molecular formula is C22H20N4O4. The van der Waals surface area contributed by atoms with Crippen LogP contribution in [0, 0.1) is 6.92 Å². The maximum Gasteiger partial charge on any atom is 0.265 e. The van der Waals surface area contributed by atoms with E-state index in [1.807, 2.05) is 30.3 Å². The Bertz CT molecular complexity index is 1350. The number of aryl methyl sites for hydroxylation is 2. The first-order valence-corrected chi connectivity index (χ1v) is 9.40. The Balaban J connectivity index is 1.48. The van der Waals surface area contributed by atoms with E-state index in [4.69, 9.17) is 4.42 Å². The number of hydrogen-bond acceptors (Lipinski definition) is 5. The molecule has 3 aromatic heterocycles. The second-order valence-corrected chi connectivity index (χ2v) is 7.04. The highest BCUT2D eigenvalue weighted by atomic mass is 16.3. The van der Waals surface area contributed by atoms with Crippen molar-refractivity contribution >= 4 is 17.0 Å². The van der Waals surface area contributed by atoms with Crippen LogP contribution < -0.4 is 16.4 Å². The molecule has 8 heteroatoms. The lowest BCUT2D eigenvalue weighted by atomic mass is 10.1. The molecule has 1 amide bonds. The summed E-state index contributed by atoms with van der Waals surface area (Å²) in [6.07, 6.45) is 3.10. The average Bonchev–Trinajstić information content (AvgIpc) is 3.08. The molecule has 4 aromatic rings. The average molecular weight is 404 g/mol. The fourth-order valence-electron chi connectivity index (χ4n) is 3.28. The molecule has 8 nitrogen and oxygen atoms in total. The van der Waals surface area contributed by atoms with Crippen molar-refractivity contribution in [1.29, 1.82) is 0 Å². The standard InChI is InChI=1S/C22H20N4O4/c1-14-18(19-21(30-14)24-13-25(2)22(19)29)20(28)23-11-15-6-8-16(9-7-15)12-26-10-4-3-5-17(26)27/h3-10,13H,11-12H2,1-2H3,(H,23,28). The van der Waals surface area contributed by atoms with Gasteiger partial charge in [0.15, 0.2) is 0 Å². The maximum atomic E-state index is 12.7. The number of carbonyl (C=O) groups excluding carboxylic acids is 1. The summed E-state index contributed by atoms with van der Waals surface area (Å²) in [5.74, 6) is -0.0433. The first-order valence-electron chi connectivity index (χ1n) is 9.40. The normalized spacial score (nSPS) is 11.0. The van der Waals surface area contributed by atoms with Crippen molar-refractivity contribution in [3.05, 3.63) is 98.1 Å². The summed E-state index contributed by atoms with van der Waals surface area (Å²) < 4.78 is 8.41. The Morgan fingerprint density at radius 3 is 2.57 bits per heavy atom. The van der Waals surface area contributed by atoms with Crippen molar-refractivity contribution in [2.45, 2.75) is 20.0 Å². The topological polar surface area (TPSA) is 99.1 Å². The summed E-state index contributed by atoms with van der Waals surface area (Å²) in [4.78, 5) is 41.0. The number of amides is 1. The predicted octanol–water partition coefficient (Wildman–Crippen LogP) is 1.97. The van der Waals surface area contributed by atoms with Crippen LogP contribution in [-0.2, 0) is 20.1 Å². The molecule has 3 heterocycles. The zero-order valence-corrected chi connectivity index (χ0v) is 16.6. The number of carbonyl (C=O) groups is 1. The van der Waals surface area contributed by atoms with Gasteiger partial charge in [0.2, 0.25) is 5.71 Å². The number of nitrogens with zero attached hydrogens (tertiary/aromatic N) is 3. The van der Waals surface area contributed by atoms with Crippen LogP contribution >= 0.6 is 0 Å². The fraction of sp³-hybridized carbons (Fsp3) is 0.182. The van der Waals surface area contributed by atoms with Gasteiger partial charge < -0.3 is 18.9 Å². The van der Waals surface area contributed by atoms with Gasteiger partial charge in [-0.1, -0.05) is 30.3 Å². The van der Waals surface area contributed by atoms with Crippen LogP contribution in [-0.4, -0.2) is 20.0 Å².